The summed E-state index contributed by atoms with van der Waals surface area (Å²) in [5.41, 5.74) is 14.1. The molecule has 1 saturated carbocycles. The predicted octanol–water partition coefficient (Wildman–Crippen LogP) is 2.54. The van der Waals surface area contributed by atoms with Gasteiger partial charge in [-0.25, -0.2) is 0 Å². The molecule has 1 fully saturated rings. The molecule has 106 valence electrons. The van der Waals surface area contributed by atoms with E-state index in [4.69, 9.17) is 16.7 Å². The Labute approximate surface area is 127 Å². The minimum atomic E-state index is -0.107. The van der Waals surface area contributed by atoms with Crippen LogP contribution in [0.2, 0.25) is 0 Å². The zero-order chi connectivity index (χ0) is 12.3. The summed E-state index contributed by atoms with van der Waals surface area (Å²) in [5.74, 6) is 0. The van der Waals surface area contributed by atoms with Crippen LogP contribution in [0.3, 0.4) is 0 Å². The van der Waals surface area contributed by atoms with Gasteiger partial charge in [0.05, 0.1) is 11.6 Å². The Kier molecular flexibility index (Phi) is 7.39. The molecule has 5 heteroatoms. The third-order valence-corrected chi connectivity index (χ3v) is 3.67. The quantitative estimate of drug-likeness (QED) is 0.881. The van der Waals surface area contributed by atoms with E-state index in [0.717, 1.165) is 32.1 Å². The van der Waals surface area contributed by atoms with Crippen LogP contribution in [0, 0.1) is 11.3 Å². The second-order valence-electron chi connectivity index (χ2n) is 5.19. The Morgan fingerprint density at radius 1 is 1.16 bits per heavy atom. The SMILES string of the molecule is Cl.Cl.N#Cc1ccc(CC2(N)CCC(N)CC2)cc1. The second kappa shape index (κ2) is 7.72. The van der Waals surface area contributed by atoms with Crippen LogP contribution in [0.5, 0.6) is 0 Å². The first-order chi connectivity index (χ1) is 8.11. The zero-order valence-corrected chi connectivity index (χ0v) is 12.5. The summed E-state index contributed by atoms with van der Waals surface area (Å²) in [7, 11) is 0. The number of nitrogens with zero attached hydrogens (tertiary/aromatic N) is 1. The highest BCUT2D eigenvalue weighted by molar-refractivity contribution is 5.85. The van der Waals surface area contributed by atoms with Crippen LogP contribution in [0.1, 0.15) is 36.8 Å². The lowest BCUT2D eigenvalue weighted by Gasteiger charge is -2.36. The zero-order valence-electron chi connectivity index (χ0n) is 10.8. The first kappa shape index (κ1) is 18.2. The smallest absolute Gasteiger partial charge is 0.0991 e. The molecule has 0 bridgehead atoms. The summed E-state index contributed by atoms with van der Waals surface area (Å²) in [5, 5.41) is 8.74. The van der Waals surface area contributed by atoms with Crippen LogP contribution in [0.4, 0.5) is 0 Å². The highest BCUT2D eigenvalue weighted by Crippen LogP contribution is 2.28. The highest BCUT2D eigenvalue weighted by atomic mass is 35.5. The fourth-order valence-electron chi connectivity index (χ4n) is 2.50. The van der Waals surface area contributed by atoms with Gasteiger partial charge in [0.2, 0.25) is 0 Å². The fraction of sp³-hybridized carbons (Fsp3) is 0.500. The van der Waals surface area contributed by atoms with Gasteiger partial charge in [0.25, 0.3) is 0 Å². The van der Waals surface area contributed by atoms with Gasteiger partial charge in [-0.15, -0.1) is 24.8 Å². The molecular weight excluding hydrogens is 281 g/mol. The van der Waals surface area contributed by atoms with E-state index in [2.05, 4.69) is 6.07 Å². The molecule has 0 aromatic heterocycles. The first-order valence-corrected chi connectivity index (χ1v) is 6.15. The van der Waals surface area contributed by atoms with Gasteiger partial charge in [-0.2, -0.15) is 5.26 Å². The van der Waals surface area contributed by atoms with E-state index >= 15 is 0 Å². The number of nitriles is 1. The van der Waals surface area contributed by atoms with Gasteiger partial charge >= 0.3 is 0 Å². The summed E-state index contributed by atoms with van der Waals surface area (Å²) in [6, 6.07) is 10.2. The lowest BCUT2D eigenvalue weighted by Crippen LogP contribution is -2.47. The normalized spacial score (nSPS) is 25.6. The van der Waals surface area contributed by atoms with Crippen molar-refractivity contribution in [2.45, 2.75) is 43.7 Å². The topological polar surface area (TPSA) is 75.8 Å². The molecule has 0 amide bonds. The third-order valence-electron chi connectivity index (χ3n) is 3.67. The Balaban J connectivity index is 0.00000162. The van der Waals surface area contributed by atoms with Gasteiger partial charge in [0, 0.05) is 11.6 Å². The molecule has 0 radical (unpaired) electrons. The summed E-state index contributed by atoms with van der Waals surface area (Å²) in [6.07, 6.45) is 4.91. The number of benzene rings is 1. The predicted molar refractivity (Wildman–Crippen MR) is 82.7 cm³/mol. The molecule has 0 spiro atoms. The van der Waals surface area contributed by atoms with Gasteiger partial charge in [-0.05, 0) is 49.8 Å². The Morgan fingerprint density at radius 2 is 1.68 bits per heavy atom. The van der Waals surface area contributed by atoms with E-state index in [-0.39, 0.29) is 30.4 Å². The molecule has 1 aliphatic carbocycles. The van der Waals surface area contributed by atoms with Crippen LogP contribution in [0.25, 0.3) is 0 Å². The second-order valence-corrected chi connectivity index (χ2v) is 5.19. The Hall–Kier alpha value is -0.790. The molecule has 0 heterocycles. The van der Waals surface area contributed by atoms with Gasteiger partial charge in [-0.1, -0.05) is 12.1 Å². The lowest BCUT2D eigenvalue weighted by molar-refractivity contribution is 0.271. The van der Waals surface area contributed by atoms with E-state index in [1.165, 1.54) is 5.56 Å². The molecule has 3 nitrogen and oxygen atoms in total. The highest BCUT2D eigenvalue weighted by Gasteiger charge is 2.30. The summed E-state index contributed by atoms with van der Waals surface area (Å²) in [4.78, 5) is 0. The van der Waals surface area contributed by atoms with Gasteiger partial charge < -0.3 is 11.5 Å². The number of nitrogens with two attached hydrogens (primary N) is 2. The molecule has 0 unspecified atom stereocenters. The van der Waals surface area contributed by atoms with Crippen molar-refractivity contribution in [1.29, 1.82) is 5.26 Å². The van der Waals surface area contributed by atoms with E-state index in [9.17, 15) is 0 Å². The first-order valence-electron chi connectivity index (χ1n) is 6.15. The van der Waals surface area contributed by atoms with Crippen molar-refractivity contribution in [2.24, 2.45) is 11.5 Å². The number of hydrogen-bond acceptors (Lipinski definition) is 3. The van der Waals surface area contributed by atoms with Crippen molar-refractivity contribution in [3.63, 3.8) is 0 Å². The Bertz CT molecular complexity index is 417. The van der Waals surface area contributed by atoms with Crippen LogP contribution in [-0.2, 0) is 6.42 Å². The number of hydrogen-bond donors (Lipinski definition) is 2. The maximum Gasteiger partial charge on any atom is 0.0991 e. The van der Waals surface area contributed by atoms with E-state index in [0.29, 0.717) is 11.6 Å². The molecule has 19 heavy (non-hydrogen) atoms. The van der Waals surface area contributed by atoms with Crippen molar-refractivity contribution in [3.05, 3.63) is 35.4 Å². The van der Waals surface area contributed by atoms with E-state index in [1.54, 1.807) is 0 Å². The van der Waals surface area contributed by atoms with Crippen molar-refractivity contribution < 1.29 is 0 Å². The molecule has 0 saturated heterocycles. The molecule has 0 atom stereocenters. The molecule has 4 N–H and O–H groups in total. The summed E-state index contributed by atoms with van der Waals surface area (Å²) in [6.45, 7) is 0. The lowest BCUT2D eigenvalue weighted by atomic mass is 9.77. The van der Waals surface area contributed by atoms with Crippen LogP contribution < -0.4 is 11.5 Å². The van der Waals surface area contributed by atoms with Gasteiger partial charge in [0.15, 0.2) is 0 Å². The minimum Gasteiger partial charge on any atom is -0.328 e. The van der Waals surface area contributed by atoms with Crippen molar-refractivity contribution >= 4 is 24.8 Å². The van der Waals surface area contributed by atoms with Crippen LogP contribution in [0.15, 0.2) is 24.3 Å². The largest absolute Gasteiger partial charge is 0.328 e. The van der Waals surface area contributed by atoms with Crippen LogP contribution in [-0.4, -0.2) is 11.6 Å². The number of halogens is 2. The monoisotopic (exact) mass is 301 g/mol. The molecule has 1 aliphatic rings. The third kappa shape index (κ3) is 5.00. The van der Waals surface area contributed by atoms with E-state index < -0.39 is 0 Å². The van der Waals surface area contributed by atoms with Crippen LogP contribution >= 0.6 is 24.8 Å². The van der Waals surface area contributed by atoms with Gasteiger partial charge in [0.1, 0.15) is 0 Å². The molecule has 1 aromatic carbocycles. The minimum absolute atomic E-state index is 0. The van der Waals surface area contributed by atoms with Crippen molar-refractivity contribution in [3.8, 4) is 6.07 Å². The average molecular weight is 302 g/mol. The molecule has 1 aromatic rings. The van der Waals surface area contributed by atoms with Crippen molar-refractivity contribution in [2.75, 3.05) is 0 Å². The molecule has 0 aliphatic heterocycles. The summed E-state index contributed by atoms with van der Waals surface area (Å²) >= 11 is 0. The van der Waals surface area contributed by atoms with Gasteiger partial charge in [-0.3, -0.25) is 0 Å². The molecule has 2 rings (SSSR count). The average Bonchev–Trinajstić information content (AvgIpc) is 2.34. The number of rotatable bonds is 2. The maximum absolute atomic E-state index is 8.74. The van der Waals surface area contributed by atoms with Crippen molar-refractivity contribution in [1.82, 2.24) is 0 Å². The summed E-state index contributed by atoms with van der Waals surface area (Å²) < 4.78 is 0. The fourth-order valence-corrected chi connectivity index (χ4v) is 2.50. The standard InChI is InChI=1S/C14H19N3.2ClH/c15-10-12-3-1-11(2-4-12)9-14(17)7-5-13(16)6-8-14;;/h1-4,13H,5-9,16-17H2;2*1H. The Morgan fingerprint density at radius 3 is 2.16 bits per heavy atom. The van der Waals surface area contributed by atoms with E-state index in [1.807, 2.05) is 24.3 Å². The maximum atomic E-state index is 8.74. The molecular formula is C14H21Cl2N3.